The van der Waals surface area contributed by atoms with E-state index in [1.165, 1.54) is 0 Å². The van der Waals surface area contributed by atoms with Gasteiger partial charge >= 0.3 is 0 Å². The molecule has 0 aliphatic carbocycles. The van der Waals surface area contributed by atoms with Gasteiger partial charge in [-0.15, -0.1) is 0 Å². The number of nitrogens with two attached hydrogens (primary N) is 2. The Kier molecular flexibility index (Phi) is 4.99. The van der Waals surface area contributed by atoms with Crippen molar-refractivity contribution < 1.29 is 4.79 Å². The number of hydrogen-bond donors (Lipinski definition) is 2. The van der Waals surface area contributed by atoms with Gasteiger partial charge in [-0.3, -0.25) is 14.7 Å². The second-order valence-corrected chi connectivity index (χ2v) is 4.12. The van der Waals surface area contributed by atoms with Crippen molar-refractivity contribution in [3.63, 3.8) is 0 Å². The molecular formula is C11H16N4OS. The van der Waals surface area contributed by atoms with Crippen molar-refractivity contribution in [3.8, 4) is 0 Å². The number of nitrogens with zero attached hydrogens (tertiary/aromatic N) is 2. The average molecular weight is 252 g/mol. The van der Waals surface area contributed by atoms with Crippen LogP contribution < -0.4 is 11.5 Å². The van der Waals surface area contributed by atoms with E-state index in [0.29, 0.717) is 12.2 Å². The van der Waals surface area contributed by atoms with Crippen molar-refractivity contribution in [2.75, 3.05) is 13.1 Å². The van der Waals surface area contributed by atoms with Crippen LogP contribution in [0.4, 0.5) is 0 Å². The highest BCUT2D eigenvalue weighted by Gasteiger charge is 2.08. The largest absolute Gasteiger partial charge is 0.388 e. The maximum Gasteiger partial charge on any atom is 0.231 e. The first-order valence-electron chi connectivity index (χ1n) is 5.28. The Morgan fingerprint density at radius 3 is 2.76 bits per heavy atom. The van der Waals surface area contributed by atoms with Gasteiger partial charge in [0.05, 0.1) is 12.2 Å². The highest BCUT2D eigenvalue weighted by atomic mass is 32.1. The Hall–Kier alpha value is -1.53. The minimum atomic E-state index is -0.338. The van der Waals surface area contributed by atoms with Crippen LogP contribution in [0.3, 0.4) is 0 Å². The number of carbonyl (C=O) groups is 1. The highest BCUT2D eigenvalue weighted by molar-refractivity contribution is 7.80. The highest BCUT2D eigenvalue weighted by Crippen LogP contribution is 2.06. The molecule has 0 fully saturated rings. The second-order valence-electron chi connectivity index (χ2n) is 3.68. The molecule has 1 amide bonds. The van der Waals surface area contributed by atoms with Crippen molar-refractivity contribution in [1.29, 1.82) is 0 Å². The quantitative estimate of drug-likeness (QED) is 0.697. The van der Waals surface area contributed by atoms with Crippen LogP contribution in [-0.4, -0.2) is 33.9 Å². The van der Waals surface area contributed by atoms with Crippen LogP contribution in [0.2, 0.25) is 0 Å². The van der Waals surface area contributed by atoms with E-state index in [9.17, 15) is 4.79 Å². The van der Waals surface area contributed by atoms with Crippen molar-refractivity contribution >= 4 is 23.1 Å². The molecule has 5 nitrogen and oxygen atoms in total. The summed E-state index contributed by atoms with van der Waals surface area (Å²) in [5.74, 6) is -0.338. The third kappa shape index (κ3) is 4.46. The number of likely N-dealkylation sites (N-methyl/N-ethyl adjacent to an activating group) is 1. The number of amides is 1. The van der Waals surface area contributed by atoms with Crippen molar-refractivity contribution in [3.05, 3.63) is 29.6 Å². The Bertz CT molecular complexity index is 422. The van der Waals surface area contributed by atoms with Gasteiger partial charge < -0.3 is 11.5 Å². The smallest absolute Gasteiger partial charge is 0.231 e. The van der Waals surface area contributed by atoms with E-state index in [-0.39, 0.29) is 17.4 Å². The molecule has 0 spiro atoms. The number of aromatic nitrogens is 1. The van der Waals surface area contributed by atoms with E-state index in [0.717, 1.165) is 12.1 Å². The monoisotopic (exact) mass is 252 g/mol. The Morgan fingerprint density at radius 2 is 2.24 bits per heavy atom. The zero-order valence-electron chi connectivity index (χ0n) is 9.72. The zero-order valence-corrected chi connectivity index (χ0v) is 10.5. The van der Waals surface area contributed by atoms with E-state index >= 15 is 0 Å². The van der Waals surface area contributed by atoms with Crippen LogP contribution in [0.5, 0.6) is 0 Å². The summed E-state index contributed by atoms with van der Waals surface area (Å²) in [4.78, 5) is 17.1. The molecular weight excluding hydrogens is 236 g/mol. The summed E-state index contributed by atoms with van der Waals surface area (Å²) < 4.78 is 0. The van der Waals surface area contributed by atoms with Crippen LogP contribution in [0.25, 0.3) is 0 Å². The number of carbonyl (C=O) groups excluding carboxylic acids is 1. The number of thiocarbonyl (C=S) groups is 1. The lowest BCUT2D eigenvalue weighted by Gasteiger charge is -2.18. The summed E-state index contributed by atoms with van der Waals surface area (Å²) in [5.41, 5.74) is 12.3. The maximum absolute atomic E-state index is 10.9. The van der Waals surface area contributed by atoms with E-state index < -0.39 is 0 Å². The predicted molar refractivity (Wildman–Crippen MR) is 70.3 cm³/mol. The zero-order chi connectivity index (χ0) is 12.8. The lowest BCUT2D eigenvalue weighted by Crippen LogP contribution is -2.33. The summed E-state index contributed by atoms with van der Waals surface area (Å²) in [6, 6.07) is 3.69. The van der Waals surface area contributed by atoms with E-state index in [2.05, 4.69) is 4.98 Å². The van der Waals surface area contributed by atoms with Crippen LogP contribution in [0, 0.1) is 0 Å². The predicted octanol–water partition coefficient (Wildman–Crippen LogP) is 0.0230. The molecule has 1 rings (SSSR count). The fourth-order valence-corrected chi connectivity index (χ4v) is 1.58. The fraction of sp³-hybridized carbons (Fsp3) is 0.364. The van der Waals surface area contributed by atoms with E-state index in [1.54, 1.807) is 6.20 Å². The van der Waals surface area contributed by atoms with Gasteiger partial charge in [-0.2, -0.15) is 0 Å². The molecule has 0 atom stereocenters. The van der Waals surface area contributed by atoms with Crippen LogP contribution in [0.1, 0.15) is 18.2 Å². The standard InChI is InChI=1S/C11H16N4OS/c1-2-15(7-10(12)16)6-8-3-4-14-9(5-8)11(13)17/h3-5H,2,6-7H2,1H3,(H2,12,16)(H2,13,17). The van der Waals surface area contributed by atoms with Crippen LogP contribution in [-0.2, 0) is 11.3 Å². The molecule has 0 aromatic carbocycles. The third-order valence-electron chi connectivity index (χ3n) is 2.31. The molecule has 92 valence electrons. The molecule has 0 aliphatic rings. The fourth-order valence-electron chi connectivity index (χ4n) is 1.47. The molecule has 0 unspecified atom stereocenters. The molecule has 17 heavy (non-hydrogen) atoms. The van der Waals surface area contributed by atoms with Gasteiger partial charge in [-0.05, 0) is 24.2 Å². The first kappa shape index (κ1) is 13.5. The van der Waals surface area contributed by atoms with Gasteiger partial charge in [-0.1, -0.05) is 19.1 Å². The number of primary amides is 1. The summed E-state index contributed by atoms with van der Waals surface area (Å²) in [6.45, 7) is 3.57. The van der Waals surface area contributed by atoms with Crippen molar-refractivity contribution in [2.45, 2.75) is 13.5 Å². The summed E-state index contributed by atoms with van der Waals surface area (Å²) in [6.07, 6.45) is 1.65. The van der Waals surface area contributed by atoms with Gasteiger partial charge in [0.2, 0.25) is 5.91 Å². The number of rotatable bonds is 6. The molecule has 0 saturated heterocycles. The van der Waals surface area contributed by atoms with Gasteiger partial charge in [0, 0.05) is 12.7 Å². The molecule has 0 saturated carbocycles. The molecule has 0 bridgehead atoms. The second kappa shape index (κ2) is 6.27. The van der Waals surface area contributed by atoms with E-state index in [1.807, 2.05) is 24.0 Å². The SMILES string of the molecule is CCN(CC(N)=O)Cc1ccnc(C(N)=S)c1. The molecule has 1 aromatic heterocycles. The lowest BCUT2D eigenvalue weighted by molar-refractivity contribution is -0.119. The Morgan fingerprint density at radius 1 is 1.53 bits per heavy atom. The number of hydrogen-bond acceptors (Lipinski definition) is 4. The first-order valence-corrected chi connectivity index (χ1v) is 5.69. The Labute approximate surface area is 106 Å². The normalized spacial score (nSPS) is 10.5. The minimum Gasteiger partial charge on any atom is -0.388 e. The molecule has 4 N–H and O–H groups in total. The number of pyridine rings is 1. The maximum atomic E-state index is 10.9. The average Bonchev–Trinajstić information content (AvgIpc) is 2.28. The molecule has 1 heterocycles. The summed E-state index contributed by atoms with van der Waals surface area (Å²) >= 11 is 4.86. The minimum absolute atomic E-state index is 0.237. The third-order valence-corrected chi connectivity index (χ3v) is 2.52. The molecule has 0 radical (unpaired) electrons. The van der Waals surface area contributed by atoms with Crippen molar-refractivity contribution in [2.24, 2.45) is 11.5 Å². The van der Waals surface area contributed by atoms with Crippen LogP contribution in [0.15, 0.2) is 18.3 Å². The van der Waals surface area contributed by atoms with Gasteiger partial charge in [0.15, 0.2) is 0 Å². The van der Waals surface area contributed by atoms with E-state index in [4.69, 9.17) is 23.7 Å². The molecule has 0 aliphatic heterocycles. The van der Waals surface area contributed by atoms with Gasteiger partial charge in [0.25, 0.3) is 0 Å². The molecule has 1 aromatic rings. The Balaban J connectivity index is 2.75. The topological polar surface area (TPSA) is 85.2 Å². The summed E-state index contributed by atoms with van der Waals surface area (Å²) in [7, 11) is 0. The molecule has 6 heteroatoms. The first-order chi connectivity index (χ1) is 8.02. The van der Waals surface area contributed by atoms with Crippen LogP contribution >= 0.6 is 12.2 Å². The van der Waals surface area contributed by atoms with Gasteiger partial charge in [0.1, 0.15) is 4.99 Å². The lowest BCUT2D eigenvalue weighted by atomic mass is 10.2. The van der Waals surface area contributed by atoms with Crippen molar-refractivity contribution in [1.82, 2.24) is 9.88 Å². The summed E-state index contributed by atoms with van der Waals surface area (Å²) in [5, 5.41) is 0. The van der Waals surface area contributed by atoms with Gasteiger partial charge in [-0.25, -0.2) is 0 Å².